The molecule has 28 heavy (non-hydrogen) atoms. The predicted octanol–water partition coefficient (Wildman–Crippen LogP) is 5.47. The summed E-state index contributed by atoms with van der Waals surface area (Å²) in [5.41, 5.74) is 2.46. The Balaban J connectivity index is 1.47. The zero-order chi connectivity index (χ0) is 19.9. The largest absolute Gasteiger partial charge is 0.482 e. The quantitative estimate of drug-likeness (QED) is 0.380. The van der Waals surface area contributed by atoms with Crippen LogP contribution in [-0.4, -0.2) is 25.0 Å². The van der Waals surface area contributed by atoms with Crippen molar-refractivity contribution >= 4 is 35.0 Å². The van der Waals surface area contributed by atoms with Crippen molar-refractivity contribution in [3.63, 3.8) is 0 Å². The van der Waals surface area contributed by atoms with Crippen molar-refractivity contribution < 1.29 is 19.1 Å². The summed E-state index contributed by atoms with van der Waals surface area (Å²) < 4.78 is 10.4. The van der Waals surface area contributed by atoms with E-state index in [9.17, 15) is 9.59 Å². The molecule has 0 fully saturated rings. The normalized spacial score (nSPS) is 10.4. The van der Waals surface area contributed by atoms with E-state index in [1.165, 1.54) is 18.2 Å². The molecule has 3 rings (SSSR count). The summed E-state index contributed by atoms with van der Waals surface area (Å²) in [4.78, 5) is 23.9. The fourth-order valence-corrected chi connectivity index (χ4v) is 2.76. The van der Waals surface area contributed by atoms with Crippen molar-refractivity contribution in [2.75, 3.05) is 13.2 Å². The summed E-state index contributed by atoms with van der Waals surface area (Å²) >= 11 is 11.7. The third-order valence-corrected chi connectivity index (χ3v) is 4.66. The number of rotatable bonds is 7. The van der Waals surface area contributed by atoms with Crippen molar-refractivity contribution in [3.8, 4) is 16.9 Å². The van der Waals surface area contributed by atoms with Crippen LogP contribution in [0.3, 0.4) is 0 Å². The number of halogens is 2. The number of hydrogen-bond acceptors (Lipinski definition) is 4. The number of benzene rings is 3. The van der Waals surface area contributed by atoms with Crippen LogP contribution in [0, 0.1) is 0 Å². The van der Waals surface area contributed by atoms with Gasteiger partial charge in [-0.1, -0.05) is 65.7 Å². The summed E-state index contributed by atoms with van der Waals surface area (Å²) in [7, 11) is 0. The van der Waals surface area contributed by atoms with Crippen LogP contribution in [0.25, 0.3) is 11.1 Å². The van der Waals surface area contributed by atoms with Crippen LogP contribution in [0.1, 0.15) is 10.4 Å². The molecule has 4 nitrogen and oxygen atoms in total. The minimum absolute atomic E-state index is 0.265. The molecule has 0 amide bonds. The fourth-order valence-electron chi connectivity index (χ4n) is 2.46. The molecule has 0 radical (unpaired) electrons. The lowest BCUT2D eigenvalue weighted by Gasteiger charge is -2.08. The van der Waals surface area contributed by atoms with Gasteiger partial charge in [0.1, 0.15) is 5.75 Å². The second kappa shape index (κ2) is 9.40. The van der Waals surface area contributed by atoms with E-state index in [-0.39, 0.29) is 17.4 Å². The fraction of sp³-hybridized carbons (Fsp3) is 0.0909. The first kappa shape index (κ1) is 19.9. The third-order valence-electron chi connectivity index (χ3n) is 3.92. The molecule has 0 saturated carbocycles. The lowest BCUT2D eigenvalue weighted by atomic mass is 10.1. The number of ketones is 1. The molecule has 0 aliphatic carbocycles. The van der Waals surface area contributed by atoms with Crippen LogP contribution in [0.5, 0.6) is 5.75 Å². The topological polar surface area (TPSA) is 52.6 Å². The molecule has 0 atom stereocenters. The summed E-state index contributed by atoms with van der Waals surface area (Å²) in [6.07, 6.45) is 0. The Morgan fingerprint density at radius 3 is 2.11 bits per heavy atom. The molecule has 0 N–H and O–H groups in total. The van der Waals surface area contributed by atoms with Gasteiger partial charge in [0.15, 0.2) is 19.0 Å². The molecule has 0 bridgehead atoms. The van der Waals surface area contributed by atoms with Gasteiger partial charge in [0, 0.05) is 5.56 Å². The van der Waals surface area contributed by atoms with Gasteiger partial charge >= 0.3 is 5.97 Å². The van der Waals surface area contributed by atoms with Gasteiger partial charge < -0.3 is 9.47 Å². The van der Waals surface area contributed by atoms with Crippen LogP contribution >= 0.6 is 23.2 Å². The zero-order valence-corrected chi connectivity index (χ0v) is 16.2. The van der Waals surface area contributed by atoms with Gasteiger partial charge in [-0.2, -0.15) is 0 Å². The lowest BCUT2D eigenvalue weighted by molar-refractivity contribution is -0.144. The average molecular weight is 415 g/mol. The highest BCUT2D eigenvalue weighted by atomic mass is 35.5. The maximum absolute atomic E-state index is 12.0. The van der Waals surface area contributed by atoms with Gasteiger partial charge in [0.05, 0.1) is 10.0 Å². The number of ether oxygens (including phenoxy) is 2. The van der Waals surface area contributed by atoms with Gasteiger partial charge in [-0.05, 0) is 41.5 Å². The van der Waals surface area contributed by atoms with Crippen LogP contribution < -0.4 is 4.74 Å². The Labute approximate surface area is 172 Å². The van der Waals surface area contributed by atoms with E-state index in [1.807, 2.05) is 42.5 Å². The molecule has 3 aromatic carbocycles. The van der Waals surface area contributed by atoms with E-state index in [0.29, 0.717) is 16.3 Å². The van der Waals surface area contributed by atoms with Crippen LogP contribution in [0.15, 0.2) is 72.8 Å². The number of esters is 1. The van der Waals surface area contributed by atoms with Crippen molar-refractivity contribution in [1.82, 2.24) is 0 Å². The molecule has 3 aromatic rings. The van der Waals surface area contributed by atoms with E-state index in [0.717, 1.165) is 11.1 Å². The van der Waals surface area contributed by atoms with E-state index in [2.05, 4.69) is 0 Å². The summed E-state index contributed by atoms with van der Waals surface area (Å²) in [5, 5.41) is 0.614. The molecule has 0 saturated heterocycles. The van der Waals surface area contributed by atoms with Crippen molar-refractivity contribution in [3.05, 3.63) is 88.4 Å². The van der Waals surface area contributed by atoms with Gasteiger partial charge in [0.2, 0.25) is 0 Å². The highest BCUT2D eigenvalue weighted by molar-refractivity contribution is 6.42. The highest BCUT2D eigenvalue weighted by Crippen LogP contribution is 2.23. The summed E-state index contributed by atoms with van der Waals surface area (Å²) in [5.74, 6) is -0.480. The summed E-state index contributed by atoms with van der Waals surface area (Å²) in [6.45, 7) is -0.688. The van der Waals surface area contributed by atoms with E-state index in [1.54, 1.807) is 12.1 Å². The van der Waals surface area contributed by atoms with Crippen molar-refractivity contribution in [2.45, 2.75) is 0 Å². The number of Topliss-reactive ketones (excluding diaryl/α,β-unsaturated/α-hetero) is 1. The van der Waals surface area contributed by atoms with E-state index in [4.69, 9.17) is 32.7 Å². The second-order valence-corrected chi connectivity index (χ2v) is 6.71. The molecule has 0 aliphatic rings. The smallest absolute Gasteiger partial charge is 0.344 e. The van der Waals surface area contributed by atoms with Crippen LogP contribution in [-0.2, 0) is 9.53 Å². The molecule has 0 aliphatic heterocycles. The molecule has 0 heterocycles. The van der Waals surface area contributed by atoms with Crippen molar-refractivity contribution in [2.24, 2.45) is 0 Å². The maximum Gasteiger partial charge on any atom is 0.344 e. The SMILES string of the molecule is O=C(COc1ccc(-c2ccccc2)cc1)OCC(=O)c1ccc(Cl)c(Cl)c1. The molecule has 0 aromatic heterocycles. The van der Waals surface area contributed by atoms with Gasteiger partial charge in [-0.15, -0.1) is 0 Å². The summed E-state index contributed by atoms with van der Waals surface area (Å²) in [6, 6.07) is 21.8. The maximum atomic E-state index is 12.0. The van der Waals surface area contributed by atoms with Crippen molar-refractivity contribution in [1.29, 1.82) is 0 Å². The van der Waals surface area contributed by atoms with Crippen LogP contribution in [0.2, 0.25) is 10.0 Å². The Bertz CT molecular complexity index is 970. The number of carbonyl (C=O) groups is 2. The first-order valence-corrected chi connectivity index (χ1v) is 9.20. The van der Waals surface area contributed by atoms with E-state index >= 15 is 0 Å². The Morgan fingerprint density at radius 1 is 0.750 bits per heavy atom. The molecular weight excluding hydrogens is 399 g/mol. The van der Waals surface area contributed by atoms with Gasteiger partial charge in [-0.25, -0.2) is 4.79 Å². The Hall–Kier alpha value is -2.82. The van der Waals surface area contributed by atoms with Crippen LogP contribution in [0.4, 0.5) is 0 Å². The second-order valence-electron chi connectivity index (χ2n) is 5.89. The Morgan fingerprint density at radius 2 is 1.43 bits per heavy atom. The molecular formula is C22H16Cl2O4. The molecule has 0 spiro atoms. The minimum atomic E-state index is -0.638. The average Bonchev–Trinajstić information content (AvgIpc) is 2.73. The minimum Gasteiger partial charge on any atom is -0.482 e. The number of carbonyl (C=O) groups excluding carboxylic acids is 2. The van der Waals surface area contributed by atoms with Gasteiger partial charge in [-0.3, -0.25) is 4.79 Å². The van der Waals surface area contributed by atoms with Gasteiger partial charge in [0.25, 0.3) is 0 Å². The Kier molecular flexibility index (Phi) is 6.69. The third kappa shape index (κ3) is 5.35. The first-order valence-electron chi connectivity index (χ1n) is 8.45. The lowest BCUT2D eigenvalue weighted by Crippen LogP contribution is -2.19. The molecule has 142 valence electrons. The number of hydrogen-bond donors (Lipinski definition) is 0. The highest BCUT2D eigenvalue weighted by Gasteiger charge is 2.12. The monoisotopic (exact) mass is 414 g/mol. The molecule has 0 unspecified atom stereocenters. The zero-order valence-electron chi connectivity index (χ0n) is 14.7. The van der Waals surface area contributed by atoms with E-state index < -0.39 is 12.6 Å². The first-order chi connectivity index (χ1) is 13.5. The standard InChI is InChI=1S/C22H16Cl2O4/c23-19-11-8-17(12-20(19)24)21(25)13-28-22(26)14-27-18-9-6-16(7-10-18)15-4-2-1-3-5-15/h1-12H,13-14H2. The molecule has 6 heteroatoms. The predicted molar refractivity (Wildman–Crippen MR) is 109 cm³/mol.